The van der Waals surface area contributed by atoms with E-state index in [1.54, 1.807) is 14.2 Å². The van der Waals surface area contributed by atoms with Gasteiger partial charge in [0.1, 0.15) is 0 Å². The van der Waals surface area contributed by atoms with Crippen molar-refractivity contribution in [3.63, 3.8) is 0 Å². The molecule has 0 saturated heterocycles. The standard InChI is InChI=1S/C28H32N2O3/c1-18-26(22-11-7-8-12-23(22)29(18)2)27-20-9-5-6-10-21(20)28(31)30(27)16-15-19-13-14-24(32-3)25(17-19)33-4/h7-8,11-14,17,27H,5-6,9-10,15-16H2,1-4H3/t27-/m0/s1. The molecular formula is C28H32N2O3. The topological polar surface area (TPSA) is 43.7 Å². The van der Waals surface area contributed by atoms with Crippen molar-refractivity contribution in [2.75, 3.05) is 20.8 Å². The van der Waals surface area contributed by atoms with E-state index in [9.17, 15) is 4.79 Å². The molecule has 2 aliphatic rings. The minimum atomic E-state index is 0.0269. The molecule has 1 atom stereocenters. The second-order valence-corrected chi connectivity index (χ2v) is 9.13. The summed E-state index contributed by atoms with van der Waals surface area (Å²) in [6.07, 6.45) is 4.96. The number of rotatable bonds is 6. The van der Waals surface area contributed by atoms with Gasteiger partial charge in [0, 0.05) is 41.3 Å². The van der Waals surface area contributed by atoms with Crippen LogP contribution in [0.2, 0.25) is 0 Å². The number of hydrogen-bond donors (Lipinski definition) is 0. The number of aromatic nitrogens is 1. The zero-order valence-corrected chi connectivity index (χ0v) is 20.0. The van der Waals surface area contributed by atoms with E-state index in [4.69, 9.17) is 9.47 Å². The van der Waals surface area contributed by atoms with E-state index < -0.39 is 0 Å². The van der Waals surface area contributed by atoms with Gasteiger partial charge in [-0.25, -0.2) is 0 Å². The molecule has 0 saturated carbocycles. The molecule has 2 heterocycles. The Labute approximate surface area is 195 Å². The van der Waals surface area contributed by atoms with Crippen molar-refractivity contribution in [3.8, 4) is 11.5 Å². The van der Waals surface area contributed by atoms with Crippen molar-refractivity contribution in [1.29, 1.82) is 0 Å². The van der Waals surface area contributed by atoms with Crippen molar-refractivity contribution in [2.45, 2.75) is 45.1 Å². The molecule has 0 radical (unpaired) electrons. The minimum Gasteiger partial charge on any atom is -0.493 e. The molecule has 172 valence electrons. The van der Waals surface area contributed by atoms with Crippen molar-refractivity contribution >= 4 is 16.8 Å². The van der Waals surface area contributed by atoms with Gasteiger partial charge < -0.3 is 18.9 Å². The number of methoxy groups -OCH3 is 2. The van der Waals surface area contributed by atoms with Crippen LogP contribution in [0, 0.1) is 6.92 Å². The Morgan fingerprint density at radius 1 is 1.00 bits per heavy atom. The van der Waals surface area contributed by atoms with Crippen LogP contribution >= 0.6 is 0 Å². The van der Waals surface area contributed by atoms with E-state index in [0.717, 1.165) is 54.7 Å². The Bertz CT molecular complexity index is 1250. The highest BCUT2D eigenvalue weighted by molar-refractivity contribution is 5.99. The van der Waals surface area contributed by atoms with Crippen LogP contribution in [0.4, 0.5) is 0 Å². The second-order valence-electron chi connectivity index (χ2n) is 9.13. The molecule has 5 heteroatoms. The molecule has 1 amide bonds. The molecule has 3 aromatic rings. The molecule has 0 spiro atoms. The summed E-state index contributed by atoms with van der Waals surface area (Å²) in [4.78, 5) is 15.8. The highest BCUT2D eigenvalue weighted by Crippen LogP contribution is 2.47. The van der Waals surface area contributed by atoms with E-state index in [1.165, 1.54) is 27.7 Å². The third kappa shape index (κ3) is 3.50. The number of aryl methyl sites for hydroxylation is 1. The van der Waals surface area contributed by atoms with Crippen LogP contribution in [0.5, 0.6) is 11.5 Å². The number of hydrogen-bond acceptors (Lipinski definition) is 3. The fourth-order valence-electron chi connectivity index (χ4n) is 5.70. The van der Waals surface area contributed by atoms with E-state index in [0.29, 0.717) is 6.54 Å². The van der Waals surface area contributed by atoms with Crippen LogP contribution < -0.4 is 9.47 Å². The zero-order chi connectivity index (χ0) is 23.1. The van der Waals surface area contributed by atoms with Crippen molar-refractivity contribution < 1.29 is 14.3 Å². The molecule has 0 unspecified atom stereocenters. The maximum Gasteiger partial charge on any atom is 0.250 e. The number of para-hydroxylation sites is 1. The van der Waals surface area contributed by atoms with Gasteiger partial charge in [0.2, 0.25) is 0 Å². The summed E-state index contributed by atoms with van der Waals surface area (Å²) in [6.45, 7) is 2.86. The number of benzene rings is 2. The smallest absolute Gasteiger partial charge is 0.250 e. The van der Waals surface area contributed by atoms with Gasteiger partial charge in [0.15, 0.2) is 11.5 Å². The highest BCUT2D eigenvalue weighted by Gasteiger charge is 2.42. The molecule has 33 heavy (non-hydrogen) atoms. The average Bonchev–Trinajstić information content (AvgIpc) is 3.27. The van der Waals surface area contributed by atoms with Gasteiger partial charge in [-0.1, -0.05) is 24.3 Å². The number of nitrogens with zero attached hydrogens (tertiary/aromatic N) is 2. The lowest BCUT2D eigenvalue weighted by Crippen LogP contribution is -2.32. The van der Waals surface area contributed by atoms with Gasteiger partial charge >= 0.3 is 0 Å². The van der Waals surface area contributed by atoms with Gasteiger partial charge in [-0.05, 0) is 68.4 Å². The second kappa shape index (κ2) is 8.62. The predicted octanol–water partition coefficient (Wildman–Crippen LogP) is 5.50. The highest BCUT2D eigenvalue weighted by atomic mass is 16.5. The van der Waals surface area contributed by atoms with Crippen molar-refractivity contribution in [1.82, 2.24) is 9.47 Å². The summed E-state index contributed by atoms with van der Waals surface area (Å²) in [5, 5.41) is 1.26. The van der Waals surface area contributed by atoms with E-state index in [1.807, 2.05) is 12.1 Å². The lowest BCUT2D eigenvalue weighted by atomic mass is 9.86. The van der Waals surface area contributed by atoms with Gasteiger partial charge in [0.25, 0.3) is 5.91 Å². The molecule has 0 bridgehead atoms. The Hall–Kier alpha value is -3.21. The fourth-order valence-corrected chi connectivity index (χ4v) is 5.70. The van der Waals surface area contributed by atoms with Crippen LogP contribution in [0.3, 0.4) is 0 Å². The van der Waals surface area contributed by atoms with Crippen molar-refractivity contribution in [3.05, 3.63) is 70.4 Å². The first-order chi connectivity index (χ1) is 16.0. The lowest BCUT2D eigenvalue weighted by molar-refractivity contribution is -0.127. The predicted molar refractivity (Wildman–Crippen MR) is 131 cm³/mol. The number of carbonyl (C=O) groups is 1. The molecule has 5 nitrogen and oxygen atoms in total. The normalized spacial score (nSPS) is 18.2. The first-order valence-electron chi connectivity index (χ1n) is 11.8. The van der Waals surface area contributed by atoms with Crippen LogP contribution in [0.15, 0.2) is 53.6 Å². The molecular weight excluding hydrogens is 412 g/mol. The lowest BCUT2D eigenvalue weighted by Gasteiger charge is -2.28. The first-order valence-corrected chi connectivity index (χ1v) is 11.8. The molecule has 1 aliphatic heterocycles. The Kier molecular flexibility index (Phi) is 5.65. The quantitative estimate of drug-likeness (QED) is 0.504. The maximum absolute atomic E-state index is 13.6. The Morgan fingerprint density at radius 3 is 2.55 bits per heavy atom. The van der Waals surface area contributed by atoms with E-state index in [-0.39, 0.29) is 11.9 Å². The molecule has 0 N–H and O–H groups in total. The summed E-state index contributed by atoms with van der Waals surface area (Å²) in [7, 11) is 5.43. The largest absolute Gasteiger partial charge is 0.493 e. The van der Waals surface area contributed by atoms with Crippen LogP contribution in [0.1, 0.15) is 48.5 Å². The summed E-state index contributed by atoms with van der Waals surface area (Å²) in [5.41, 5.74) is 7.30. The van der Waals surface area contributed by atoms with Crippen molar-refractivity contribution in [2.24, 2.45) is 7.05 Å². The summed E-state index contributed by atoms with van der Waals surface area (Å²) in [6, 6.07) is 14.6. The maximum atomic E-state index is 13.6. The molecule has 0 fully saturated rings. The first kappa shape index (κ1) is 21.6. The third-order valence-corrected chi connectivity index (χ3v) is 7.48. The fraction of sp³-hybridized carbons (Fsp3) is 0.393. The minimum absolute atomic E-state index is 0.0269. The Morgan fingerprint density at radius 2 is 1.76 bits per heavy atom. The molecule has 2 aromatic carbocycles. The molecule has 5 rings (SSSR count). The van der Waals surface area contributed by atoms with E-state index in [2.05, 4.69) is 53.8 Å². The van der Waals surface area contributed by atoms with E-state index >= 15 is 0 Å². The molecule has 1 aliphatic carbocycles. The van der Waals surface area contributed by atoms with Gasteiger partial charge in [-0.15, -0.1) is 0 Å². The summed E-state index contributed by atoms with van der Waals surface area (Å²) < 4.78 is 13.1. The SMILES string of the molecule is COc1ccc(CCN2C(=O)C3=C(CCCC3)[C@H]2c2c(C)n(C)c3ccccc23)cc1OC. The van der Waals surface area contributed by atoms with Crippen LogP contribution in [0.25, 0.3) is 10.9 Å². The summed E-state index contributed by atoms with van der Waals surface area (Å²) in [5.74, 6) is 1.67. The number of amides is 1. The van der Waals surface area contributed by atoms with Gasteiger partial charge in [0.05, 0.1) is 20.3 Å². The van der Waals surface area contributed by atoms with Crippen LogP contribution in [-0.2, 0) is 18.3 Å². The van der Waals surface area contributed by atoms with Gasteiger partial charge in [-0.3, -0.25) is 4.79 Å². The van der Waals surface area contributed by atoms with Crippen LogP contribution in [-0.4, -0.2) is 36.1 Å². The number of carbonyl (C=O) groups excluding carboxylic acids is 1. The number of fused-ring (bicyclic) bond motifs is 1. The average molecular weight is 445 g/mol. The third-order valence-electron chi connectivity index (χ3n) is 7.48. The molecule has 1 aromatic heterocycles. The van der Waals surface area contributed by atoms with Gasteiger partial charge in [-0.2, -0.15) is 0 Å². The number of ether oxygens (including phenoxy) is 2. The monoisotopic (exact) mass is 444 g/mol. The summed E-state index contributed by atoms with van der Waals surface area (Å²) >= 11 is 0. The Balaban J connectivity index is 1.53. The zero-order valence-electron chi connectivity index (χ0n) is 20.0.